The normalized spacial score (nSPS) is 21.3. The van der Waals surface area contributed by atoms with Crippen LogP contribution < -0.4 is 15.6 Å². The third-order valence-corrected chi connectivity index (χ3v) is 5.13. The Bertz CT molecular complexity index is 998. The van der Waals surface area contributed by atoms with Gasteiger partial charge in [-0.15, -0.1) is 0 Å². The van der Waals surface area contributed by atoms with Gasteiger partial charge in [0.2, 0.25) is 5.75 Å². The summed E-state index contributed by atoms with van der Waals surface area (Å²) in [5.74, 6) is -3.57. The van der Waals surface area contributed by atoms with Crippen molar-refractivity contribution in [3.8, 4) is 5.75 Å². The summed E-state index contributed by atoms with van der Waals surface area (Å²) in [6.45, 7) is 2.66. The number of rotatable bonds is 3. The number of aromatic nitrogens is 1. The number of nitrogens with zero attached hydrogens (tertiary/aromatic N) is 2. The largest absolute Gasteiger partial charge is 0.480 e. The van der Waals surface area contributed by atoms with Crippen LogP contribution in [0, 0.1) is 16.0 Å². The molecule has 1 aliphatic carbocycles. The molecule has 144 valence electrons. The molecule has 2 heterocycles. The Hall–Kier alpha value is -2.71. The van der Waals surface area contributed by atoms with Crippen LogP contribution in [0.1, 0.15) is 32.7 Å². The van der Waals surface area contributed by atoms with E-state index in [9.17, 15) is 23.7 Å². The van der Waals surface area contributed by atoms with E-state index in [0.717, 1.165) is 0 Å². The molecular formula is C18H19F2N3O4. The number of nitro benzene ring substituents is 1. The predicted octanol–water partition coefficient (Wildman–Crippen LogP) is 3.71. The Morgan fingerprint density at radius 2 is 2.07 bits per heavy atom. The van der Waals surface area contributed by atoms with Gasteiger partial charge in [0.25, 0.3) is 11.2 Å². The Morgan fingerprint density at radius 3 is 2.67 bits per heavy atom. The van der Waals surface area contributed by atoms with Crippen LogP contribution in [0.2, 0.25) is 0 Å². The average Bonchev–Trinajstić information content (AvgIpc) is 3.41. The number of halogens is 2. The molecule has 9 heteroatoms. The Kier molecular flexibility index (Phi) is 3.87. The summed E-state index contributed by atoms with van der Waals surface area (Å²) >= 11 is 0. The molecule has 0 amide bonds. The highest BCUT2D eigenvalue weighted by molar-refractivity contribution is 5.96. The lowest BCUT2D eigenvalue weighted by atomic mass is 10.0. The van der Waals surface area contributed by atoms with Gasteiger partial charge in [-0.2, -0.15) is 0 Å². The molecule has 1 aromatic heterocycles. The van der Waals surface area contributed by atoms with E-state index in [4.69, 9.17) is 4.74 Å². The predicted molar refractivity (Wildman–Crippen MR) is 95.8 cm³/mol. The number of alkyl halides is 2. The summed E-state index contributed by atoms with van der Waals surface area (Å²) in [5, 5.41) is 14.4. The highest BCUT2D eigenvalue weighted by Gasteiger charge is 2.51. The van der Waals surface area contributed by atoms with E-state index in [2.05, 4.69) is 5.32 Å². The van der Waals surface area contributed by atoms with Crippen LogP contribution in [0.4, 0.5) is 20.2 Å². The summed E-state index contributed by atoms with van der Waals surface area (Å²) in [4.78, 5) is 23.6. The van der Waals surface area contributed by atoms with Crippen LogP contribution in [-0.2, 0) is 0 Å². The fourth-order valence-electron chi connectivity index (χ4n) is 3.70. The Labute approximate surface area is 153 Å². The number of nitrogens with one attached hydrogen (secondary N) is 1. The zero-order valence-electron chi connectivity index (χ0n) is 14.9. The number of fused-ring (bicyclic) bond motifs is 3. The fraction of sp³-hybridized carbons (Fsp3) is 0.500. The molecule has 0 saturated heterocycles. The van der Waals surface area contributed by atoms with Crippen molar-refractivity contribution in [3.05, 3.63) is 38.7 Å². The lowest BCUT2D eigenvalue weighted by molar-refractivity contribution is -0.384. The van der Waals surface area contributed by atoms with Gasteiger partial charge in [0, 0.05) is 23.6 Å². The van der Waals surface area contributed by atoms with Crippen molar-refractivity contribution in [2.75, 3.05) is 11.9 Å². The molecule has 27 heavy (non-hydrogen) atoms. The van der Waals surface area contributed by atoms with E-state index < -0.39 is 29.1 Å². The van der Waals surface area contributed by atoms with Crippen molar-refractivity contribution in [2.24, 2.45) is 5.92 Å². The third-order valence-electron chi connectivity index (χ3n) is 5.13. The number of pyridine rings is 1. The molecule has 1 atom stereocenters. The first kappa shape index (κ1) is 17.7. The fourth-order valence-corrected chi connectivity index (χ4v) is 3.70. The van der Waals surface area contributed by atoms with E-state index in [1.54, 1.807) is 13.8 Å². The van der Waals surface area contributed by atoms with Crippen molar-refractivity contribution in [1.82, 2.24) is 4.57 Å². The van der Waals surface area contributed by atoms with Crippen LogP contribution in [0.5, 0.6) is 5.75 Å². The van der Waals surface area contributed by atoms with Gasteiger partial charge < -0.3 is 14.6 Å². The van der Waals surface area contributed by atoms with Gasteiger partial charge in [-0.1, -0.05) is 0 Å². The zero-order valence-corrected chi connectivity index (χ0v) is 14.9. The number of hydrogen-bond donors (Lipinski definition) is 1. The summed E-state index contributed by atoms with van der Waals surface area (Å²) in [5.41, 5.74) is -0.152. The smallest absolute Gasteiger partial charge is 0.301 e. The minimum absolute atomic E-state index is 0.115. The van der Waals surface area contributed by atoms with Crippen LogP contribution in [0.3, 0.4) is 0 Å². The lowest BCUT2D eigenvalue weighted by Crippen LogP contribution is -2.44. The third kappa shape index (κ3) is 2.81. The van der Waals surface area contributed by atoms with Crippen LogP contribution >= 0.6 is 0 Å². The van der Waals surface area contributed by atoms with Crippen LogP contribution in [0.25, 0.3) is 10.9 Å². The molecule has 1 aliphatic heterocycles. The maximum Gasteiger partial charge on any atom is 0.301 e. The maximum atomic E-state index is 14.6. The highest BCUT2D eigenvalue weighted by Crippen LogP contribution is 2.45. The first-order valence-corrected chi connectivity index (χ1v) is 8.84. The SMILES string of the molecule is CC(C)n1c(=O)c2c(c3cc([N+](=O)[O-])ccc31)NC(C1CC1)C(F)(F)CO2. The van der Waals surface area contributed by atoms with E-state index in [-0.39, 0.29) is 29.1 Å². The second-order valence-corrected chi connectivity index (χ2v) is 7.44. The molecule has 1 fully saturated rings. The maximum absolute atomic E-state index is 14.6. The quantitative estimate of drug-likeness (QED) is 0.649. The van der Waals surface area contributed by atoms with Gasteiger partial charge in [0.1, 0.15) is 0 Å². The molecule has 1 saturated carbocycles. The van der Waals surface area contributed by atoms with Crippen molar-refractivity contribution in [3.63, 3.8) is 0 Å². The van der Waals surface area contributed by atoms with Crippen molar-refractivity contribution in [1.29, 1.82) is 0 Å². The van der Waals surface area contributed by atoms with Crippen molar-refractivity contribution < 1.29 is 18.4 Å². The van der Waals surface area contributed by atoms with Gasteiger partial charge in [0.15, 0.2) is 6.61 Å². The molecule has 7 nitrogen and oxygen atoms in total. The molecule has 1 aromatic carbocycles. The molecule has 1 unspecified atom stereocenters. The van der Waals surface area contributed by atoms with Gasteiger partial charge in [-0.25, -0.2) is 8.78 Å². The minimum Gasteiger partial charge on any atom is -0.480 e. The molecule has 0 radical (unpaired) electrons. The van der Waals surface area contributed by atoms with E-state index in [0.29, 0.717) is 23.7 Å². The minimum atomic E-state index is -3.15. The number of benzene rings is 1. The number of hydrogen-bond acceptors (Lipinski definition) is 5. The molecule has 4 rings (SSSR count). The van der Waals surface area contributed by atoms with Gasteiger partial charge in [-0.3, -0.25) is 14.9 Å². The van der Waals surface area contributed by atoms with Gasteiger partial charge in [-0.05, 0) is 38.7 Å². The van der Waals surface area contributed by atoms with Crippen LogP contribution in [0.15, 0.2) is 23.0 Å². The standard InChI is InChI=1S/C18H19F2N3O4/c1-9(2)22-13-6-5-11(23(25)26)7-12(13)14-15(17(22)24)27-8-18(19,20)16(21-14)10-3-4-10/h5-7,9-10,16,21H,3-4,8H2,1-2H3. The monoisotopic (exact) mass is 379 g/mol. The zero-order chi connectivity index (χ0) is 19.5. The van der Waals surface area contributed by atoms with Gasteiger partial charge >= 0.3 is 5.92 Å². The topological polar surface area (TPSA) is 86.4 Å². The highest BCUT2D eigenvalue weighted by atomic mass is 19.3. The Morgan fingerprint density at radius 1 is 1.37 bits per heavy atom. The average molecular weight is 379 g/mol. The second kappa shape index (κ2) is 5.90. The van der Waals surface area contributed by atoms with E-state index >= 15 is 0 Å². The lowest BCUT2D eigenvalue weighted by Gasteiger charge is -2.25. The van der Waals surface area contributed by atoms with Gasteiger partial charge in [0.05, 0.1) is 22.2 Å². The number of non-ortho nitro benzene ring substituents is 1. The summed E-state index contributed by atoms with van der Waals surface area (Å²) in [6.07, 6.45) is 1.34. The second-order valence-electron chi connectivity index (χ2n) is 7.44. The van der Waals surface area contributed by atoms with Crippen molar-refractivity contribution >= 4 is 22.3 Å². The summed E-state index contributed by atoms with van der Waals surface area (Å²) in [6, 6.07) is 2.63. The number of anilines is 1. The van der Waals surface area contributed by atoms with E-state index in [1.165, 1.54) is 22.8 Å². The molecule has 0 bridgehead atoms. The molecule has 2 aliphatic rings. The Balaban J connectivity index is 2.03. The summed E-state index contributed by atoms with van der Waals surface area (Å²) in [7, 11) is 0. The van der Waals surface area contributed by atoms with Crippen molar-refractivity contribution in [2.45, 2.75) is 44.7 Å². The molecular weight excluding hydrogens is 360 g/mol. The summed E-state index contributed by atoms with van der Waals surface area (Å²) < 4.78 is 35.9. The molecule has 0 spiro atoms. The molecule has 1 N–H and O–H groups in total. The van der Waals surface area contributed by atoms with E-state index in [1.807, 2.05) is 0 Å². The first-order chi connectivity index (χ1) is 12.7. The number of nitro groups is 1. The van der Waals surface area contributed by atoms with Crippen LogP contribution in [-0.4, -0.2) is 28.1 Å². The first-order valence-electron chi connectivity index (χ1n) is 8.84. The number of ether oxygens (including phenoxy) is 1. The molecule has 2 aromatic rings.